The number of nitrogens with one attached hydrogen (secondary N) is 1. The molecule has 2 heterocycles. The molecule has 6 heteroatoms. The minimum absolute atomic E-state index is 0.00258. The van der Waals surface area contributed by atoms with Crippen molar-refractivity contribution >= 4 is 11.8 Å². The number of rotatable bonds is 6. The fraction of sp³-hybridized carbons (Fsp3) is 0.269. The van der Waals surface area contributed by atoms with Gasteiger partial charge in [0.1, 0.15) is 0 Å². The second-order valence-corrected chi connectivity index (χ2v) is 8.03. The second-order valence-electron chi connectivity index (χ2n) is 8.03. The van der Waals surface area contributed by atoms with E-state index in [2.05, 4.69) is 15.2 Å². The van der Waals surface area contributed by atoms with E-state index < -0.39 is 0 Å². The van der Waals surface area contributed by atoms with E-state index in [0.717, 1.165) is 22.5 Å². The molecule has 0 unspecified atom stereocenters. The highest BCUT2D eigenvalue weighted by Crippen LogP contribution is 2.20. The van der Waals surface area contributed by atoms with Gasteiger partial charge >= 0.3 is 0 Å². The van der Waals surface area contributed by atoms with Crippen LogP contribution in [-0.4, -0.2) is 59.3 Å². The smallest absolute Gasteiger partial charge is 0.255 e. The number of carbonyl (C=O) groups is 2. The molecule has 0 bridgehead atoms. The summed E-state index contributed by atoms with van der Waals surface area (Å²) in [5.74, 6) is 0.00738. The van der Waals surface area contributed by atoms with E-state index in [9.17, 15) is 9.59 Å². The maximum Gasteiger partial charge on any atom is 0.255 e. The summed E-state index contributed by atoms with van der Waals surface area (Å²) in [6.45, 7) is 5.32. The highest BCUT2D eigenvalue weighted by atomic mass is 16.2. The van der Waals surface area contributed by atoms with Gasteiger partial charge in [0.25, 0.3) is 5.91 Å². The average molecular weight is 429 g/mol. The predicted molar refractivity (Wildman–Crippen MR) is 125 cm³/mol. The molecule has 1 saturated heterocycles. The molecule has 4 rings (SSSR count). The van der Waals surface area contributed by atoms with Crippen LogP contribution in [0.15, 0.2) is 72.8 Å². The first-order chi connectivity index (χ1) is 15.6. The summed E-state index contributed by atoms with van der Waals surface area (Å²) in [5.41, 5.74) is 4.36. The van der Waals surface area contributed by atoms with Crippen LogP contribution >= 0.6 is 0 Å². The van der Waals surface area contributed by atoms with Gasteiger partial charge in [-0.3, -0.25) is 19.5 Å². The largest absolute Gasteiger partial charge is 0.351 e. The number of carbonyl (C=O) groups excluding carboxylic acids is 2. The minimum Gasteiger partial charge on any atom is -0.351 e. The van der Waals surface area contributed by atoms with Crippen LogP contribution in [0.5, 0.6) is 0 Å². The zero-order valence-electron chi connectivity index (χ0n) is 18.3. The van der Waals surface area contributed by atoms with Crippen LogP contribution in [0.25, 0.3) is 11.3 Å². The Kier molecular flexibility index (Phi) is 6.92. The number of hydrogen-bond acceptors (Lipinski definition) is 4. The van der Waals surface area contributed by atoms with Crippen molar-refractivity contribution in [2.75, 3.05) is 32.7 Å². The molecule has 0 spiro atoms. The number of aromatic nitrogens is 1. The van der Waals surface area contributed by atoms with Gasteiger partial charge in [0, 0.05) is 38.3 Å². The zero-order valence-corrected chi connectivity index (χ0v) is 18.3. The van der Waals surface area contributed by atoms with Gasteiger partial charge in [-0.25, -0.2) is 0 Å². The molecule has 0 radical (unpaired) electrons. The van der Waals surface area contributed by atoms with Crippen molar-refractivity contribution in [2.24, 2.45) is 0 Å². The first-order valence-corrected chi connectivity index (χ1v) is 11.0. The SMILES string of the molecule is Cc1nc(-c2ccccc2)ccc1C(=O)N1CCN(CC(=O)NCc2ccccc2)CC1. The highest BCUT2D eigenvalue weighted by Gasteiger charge is 2.24. The summed E-state index contributed by atoms with van der Waals surface area (Å²) in [7, 11) is 0. The lowest BCUT2D eigenvalue weighted by atomic mass is 10.1. The van der Waals surface area contributed by atoms with E-state index in [-0.39, 0.29) is 11.8 Å². The normalized spacial score (nSPS) is 14.2. The second kappa shape index (κ2) is 10.2. The van der Waals surface area contributed by atoms with Gasteiger partial charge in [-0.2, -0.15) is 0 Å². The van der Waals surface area contributed by atoms with Crippen molar-refractivity contribution in [1.29, 1.82) is 0 Å². The third-order valence-electron chi connectivity index (χ3n) is 5.75. The molecule has 6 nitrogen and oxygen atoms in total. The van der Waals surface area contributed by atoms with Crippen molar-refractivity contribution < 1.29 is 9.59 Å². The zero-order chi connectivity index (χ0) is 22.3. The van der Waals surface area contributed by atoms with Crippen molar-refractivity contribution in [2.45, 2.75) is 13.5 Å². The Hall–Kier alpha value is -3.51. The number of aryl methyl sites for hydroxylation is 1. The Bertz CT molecular complexity index is 1060. The molecule has 0 aliphatic carbocycles. The van der Waals surface area contributed by atoms with Gasteiger partial charge in [-0.05, 0) is 24.6 Å². The third kappa shape index (κ3) is 5.39. The average Bonchev–Trinajstić information content (AvgIpc) is 2.84. The summed E-state index contributed by atoms with van der Waals surface area (Å²) in [5, 5.41) is 2.96. The Morgan fingerprint density at radius 3 is 2.19 bits per heavy atom. The number of pyridine rings is 1. The van der Waals surface area contributed by atoms with Crippen molar-refractivity contribution in [1.82, 2.24) is 20.1 Å². The minimum atomic E-state index is 0.00258. The van der Waals surface area contributed by atoms with Gasteiger partial charge < -0.3 is 10.2 Å². The van der Waals surface area contributed by atoms with Crippen molar-refractivity contribution in [3.8, 4) is 11.3 Å². The van der Waals surface area contributed by atoms with Crippen LogP contribution in [-0.2, 0) is 11.3 Å². The third-order valence-corrected chi connectivity index (χ3v) is 5.75. The number of piperazine rings is 1. The van der Waals surface area contributed by atoms with Crippen LogP contribution in [0.3, 0.4) is 0 Å². The molecule has 3 aromatic rings. The molecule has 1 fully saturated rings. The number of hydrogen-bond donors (Lipinski definition) is 1. The van der Waals surface area contributed by atoms with Crippen LogP contribution in [0.4, 0.5) is 0 Å². The van der Waals surface area contributed by atoms with E-state index in [1.54, 1.807) is 0 Å². The summed E-state index contributed by atoms with van der Waals surface area (Å²) in [6, 6.07) is 23.6. The van der Waals surface area contributed by atoms with Crippen LogP contribution in [0.1, 0.15) is 21.6 Å². The van der Waals surface area contributed by atoms with Crippen LogP contribution in [0.2, 0.25) is 0 Å². The molecule has 0 atom stereocenters. The molecule has 1 aromatic heterocycles. The first kappa shape index (κ1) is 21.7. The summed E-state index contributed by atoms with van der Waals surface area (Å²) < 4.78 is 0. The molecular formula is C26H28N4O2. The van der Waals surface area contributed by atoms with E-state index in [4.69, 9.17) is 0 Å². The Morgan fingerprint density at radius 1 is 0.875 bits per heavy atom. The highest BCUT2D eigenvalue weighted by molar-refractivity contribution is 5.95. The number of amides is 2. The van der Waals surface area contributed by atoms with Crippen molar-refractivity contribution in [3.63, 3.8) is 0 Å². The summed E-state index contributed by atoms with van der Waals surface area (Å²) >= 11 is 0. The van der Waals surface area contributed by atoms with Gasteiger partial charge in [0.05, 0.1) is 23.5 Å². The van der Waals surface area contributed by atoms with Crippen LogP contribution in [0, 0.1) is 6.92 Å². The van der Waals surface area contributed by atoms with E-state index in [1.165, 1.54) is 0 Å². The summed E-state index contributed by atoms with van der Waals surface area (Å²) in [6.07, 6.45) is 0. The lowest BCUT2D eigenvalue weighted by Gasteiger charge is -2.34. The molecule has 2 aromatic carbocycles. The molecule has 1 N–H and O–H groups in total. The molecule has 1 aliphatic heterocycles. The number of benzene rings is 2. The quantitative estimate of drug-likeness (QED) is 0.655. The Morgan fingerprint density at radius 2 is 1.53 bits per heavy atom. The molecule has 164 valence electrons. The molecule has 32 heavy (non-hydrogen) atoms. The van der Waals surface area contributed by atoms with Gasteiger partial charge in [-0.1, -0.05) is 60.7 Å². The van der Waals surface area contributed by atoms with E-state index in [0.29, 0.717) is 44.8 Å². The lowest BCUT2D eigenvalue weighted by Crippen LogP contribution is -2.51. The van der Waals surface area contributed by atoms with E-state index >= 15 is 0 Å². The molecular weight excluding hydrogens is 400 g/mol. The first-order valence-electron chi connectivity index (χ1n) is 11.0. The van der Waals surface area contributed by atoms with E-state index in [1.807, 2.05) is 84.6 Å². The standard InChI is InChI=1S/C26H28N4O2/c1-20-23(12-13-24(28-20)22-10-6-3-7-11-22)26(32)30-16-14-29(15-17-30)19-25(31)27-18-21-8-4-2-5-9-21/h2-13H,14-19H2,1H3,(H,27,31). The fourth-order valence-corrected chi connectivity index (χ4v) is 3.89. The Balaban J connectivity index is 1.28. The monoisotopic (exact) mass is 428 g/mol. The summed E-state index contributed by atoms with van der Waals surface area (Å²) in [4.78, 5) is 33.9. The maximum atomic E-state index is 13.0. The topological polar surface area (TPSA) is 65.5 Å². The van der Waals surface area contributed by atoms with Gasteiger partial charge in [0.2, 0.25) is 5.91 Å². The molecule has 0 saturated carbocycles. The molecule has 1 aliphatic rings. The maximum absolute atomic E-state index is 13.0. The van der Waals surface area contributed by atoms with Gasteiger partial charge in [0.15, 0.2) is 0 Å². The number of nitrogens with zero attached hydrogens (tertiary/aromatic N) is 3. The Labute approximate surface area is 188 Å². The predicted octanol–water partition coefficient (Wildman–Crippen LogP) is 3.13. The van der Waals surface area contributed by atoms with Crippen molar-refractivity contribution in [3.05, 3.63) is 89.6 Å². The fourth-order valence-electron chi connectivity index (χ4n) is 3.89. The van der Waals surface area contributed by atoms with Gasteiger partial charge in [-0.15, -0.1) is 0 Å². The van der Waals surface area contributed by atoms with Crippen LogP contribution < -0.4 is 5.32 Å². The lowest BCUT2D eigenvalue weighted by molar-refractivity contribution is -0.122. The molecule has 2 amide bonds.